The zero-order valence-electron chi connectivity index (χ0n) is 9.55. The van der Waals surface area contributed by atoms with E-state index in [-0.39, 0.29) is 12.4 Å². The van der Waals surface area contributed by atoms with Gasteiger partial charge in [-0.05, 0) is 28.8 Å². The van der Waals surface area contributed by atoms with Crippen LogP contribution in [0.25, 0.3) is 11.1 Å². The lowest BCUT2D eigenvalue weighted by atomic mass is 10.00. The Bertz CT molecular complexity index is 521. The Morgan fingerprint density at radius 3 is 2.59 bits per heavy atom. The molecule has 0 saturated carbocycles. The summed E-state index contributed by atoms with van der Waals surface area (Å²) in [6.07, 6.45) is 0. The summed E-state index contributed by atoms with van der Waals surface area (Å²) < 4.78 is 5.07. The average Bonchev–Trinajstić information content (AvgIpc) is 2.39. The molecule has 0 atom stereocenters. The smallest absolute Gasteiger partial charge is 0.161 e. The van der Waals surface area contributed by atoms with E-state index in [1.165, 1.54) is 7.11 Å². The monoisotopic (exact) mass is 230 g/mol. The molecule has 0 heterocycles. The molecule has 0 aromatic heterocycles. The zero-order valence-corrected chi connectivity index (χ0v) is 9.55. The maximum absolute atomic E-state index is 9.53. The van der Waals surface area contributed by atoms with Gasteiger partial charge in [-0.3, -0.25) is 0 Å². The van der Waals surface area contributed by atoms with Gasteiger partial charge in [-0.2, -0.15) is 0 Å². The van der Waals surface area contributed by atoms with Crippen LogP contribution >= 0.6 is 0 Å². The number of aliphatic hydroxyl groups is 1. The second kappa shape index (κ2) is 4.89. The summed E-state index contributed by atoms with van der Waals surface area (Å²) in [7, 11) is 1.51. The van der Waals surface area contributed by atoms with Gasteiger partial charge in [-0.15, -0.1) is 0 Å². The third kappa shape index (κ3) is 2.24. The molecule has 2 aromatic carbocycles. The van der Waals surface area contributed by atoms with Gasteiger partial charge in [0, 0.05) is 0 Å². The highest BCUT2D eigenvalue weighted by Gasteiger charge is 2.07. The van der Waals surface area contributed by atoms with E-state index < -0.39 is 0 Å². The van der Waals surface area contributed by atoms with Crippen LogP contribution in [0.15, 0.2) is 42.5 Å². The minimum Gasteiger partial charge on any atom is -0.504 e. The first-order valence-corrected chi connectivity index (χ1v) is 5.32. The van der Waals surface area contributed by atoms with Crippen molar-refractivity contribution in [3.63, 3.8) is 0 Å². The Kier molecular flexibility index (Phi) is 3.30. The second-order valence-corrected chi connectivity index (χ2v) is 3.70. The molecule has 0 spiro atoms. The maximum Gasteiger partial charge on any atom is 0.161 e. The molecule has 0 fully saturated rings. The molecular weight excluding hydrogens is 216 g/mol. The van der Waals surface area contributed by atoms with E-state index in [9.17, 15) is 10.2 Å². The Morgan fingerprint density at radius 1 is 1.12 bits per heavy atom. The predicted octanol–water partition coefficient (Wildman–Crippen LogP) is 2.56. The number of phenolic OH excluding ortho intramolecular Hbond substituents is 1. The number of benzene rings is 2. The zero-order chi connectivity index (χ0) is 12.3. The fraction of sp³-hybridized carbons (Fsp3) is 0.143. The van der Waals surface area contributed by atoms with Crippen LogP contribution in [-0.4, -0.2) is 17.3 Å². The van der Waals surface area contributed by atoms with Crippen LogP contribution in [0.5, 0.6) is 11.5 Å². The van der Waals surface area contributed by atoms with Crippen molar-refractivity contribution >= 4 is 0 Å². The highest BCUT2D eigenvalue weighted by Crippen LogP contribution is 2.32. The van der Waals surface area contributed by atoms with E-state index in [2.05, 4.69) is 0 Å². The van der Waals surface area contributed by atoms with Gasteiger partial charge in [-0.1, -0.05) is 30.3 Å². The van der Waals surface area contributed by atoms with Gasteiger partial charge in [0.2, 0.25) is 0 Å². The molecular formula is C14H14O3. The van der Waals surface area contributed by atoms with Crippen LogP contribution in [0.1, 0.15) is 5.56 Å². The normalized spacial score (nSPS) is 10.2. The molecule has 0 aliphatic heterocycles. The molecule has 0 radical (unpaired) electrons. The van der Waals surface area contributed by atoms with Crippen LogP contribution in [0.2, 0.25) is 0 Å². The standard InChI is InChI=1S/C14H14O3/c1-17-14-8-10(6-7-13(14)16)12-5-3-2-4-11(12)9-15/h2-8,15-16H,9H2,1H3. The summed E-state index contributed by atoms with van der Waals surface area (Å²) in [6.45, 7) is -0.0145. The molecule has 0 bridgehead atoms. The highest BCUT2D eigenvalue weighted by molar-refractivity contribution is 5.70. The van der Waals surface area contributed by atoms with Crippen LogP contribution < -0.4 is 4.74 Å². The maximum atomic E-state index is 9.53. The van der Waals surface area contributed by atoms with E-state index in [4.69, 9.17) is 4.74 Å². The molecule has 88 valence electrons. The van der Waals surface area contributed by atoms with Crippen molar-refractivity contribution in [1.29, 1.82) is 0 Å². The van der Waals surface area contributed by atoms with Crippen molar-refractivity contribution in [2.45, 2.75) is 6.61 Å². The molecule has 2 N–H and O–H groups in total. The summed E-state index contributed by atoms with van der Waals surface area (Å²) in [5.74, 6) is 0.535. The van der Waals surface area contributed by atoms with Crippen molar-refractivity contribution < 1.29 is 14.9 Å². The van der Waals surface area contributed by atoms with Crippen LogP contribution in [-0.2, 0) is 6.61 Å². The van der Waals surface area contributed by atoms with Crippen molar-refractivity contribution in [2.24, 2.45) is 0 Å². The number of hydrogen-bond acceptors (Lipinski definition) is 3. The Morgan fingerprint density at radius 2 is 1.88 bits per heavy atom. The third-order valence-corrected chi connectivity index (χ3v) is 2.68. The molecule has 2 rings (SSSR count). The van der Waals surface area contributed by atoms with Crippen LogP contribution in [0.3, 0.4) is 0 Å². The Labute approximate surface area is 99.9 Å². The molecule has 2 aromatic rings. The molecule has 0 amide bonds. The average molecular weight is 230 g/mol. The SMILES string of the molecule is COc1cc(-c2ccccc2CO)ccc1O. The van der Waals surface area contributed by atoms with Gasteiger partial charge in [0.15, 0.2) is 11.5 Å². The molecule has 3 heteroatoms. The lowest BCUT2D eigenvalue weighted by molar-refractivity contribution is 0.282. The second-order valence-electron chi connectivity index (χ2n) is 3.70. The molecule has 17 heavy (non-hydrogen) atoms. The van der Waals surface area contributed by atoms with Crippen LogP contribution in [0, 0.1) is 0 Å². The first-order chi connectivity index (χ1) is 8.26. The third-order valence-electron chi connectivity index (χ3n) is 2.68. The predicted molar refractivity (Wildman–Crippen MR) is 66.0 cm³/mol. The van der Waals surface area contributed by atoms with E-state index in [1.807, 2.05) is 24.3 Å². The number of phenols is 1. The summed E-state index contributed by atoms with van der Waals surface area (Å²) in [5.41, 5.74) is 2.69. The summed E-state index contributed by atoms with van der Waals surface area (Å²) >= 11 is 0. The van der Waals surface area contributed by atoms with E-state index in [0.717, 1.165) is 16.7 Å². The largest absolute Gasteiger partial charge is 0.504 e. The van der Waals surface area contributed by atoms with Gasteiger partial charge < -0.3 is 14.9 Å². The van der Waals surface area contributed by atoms with Gasteiger partial charge in [0.1, 0.15) is 0 Å². The lowest BCUT2D eigenvalue weighted by Gasteiger charge is -2.10. The minimum absolute atomic E-state index is 0.0145. The van der Waals surface area contributed by atoms with Gasteiger partial charge in [-0.25, -0.2) is 0 Å². The Hall–Kier alpha value is -2.00. The number of aliphatic hydroxyl groups excluding tert-OH is 1. The van der Waals surface area contributed by atoms with Crippen molar-refractivity contribution in [1.82, 2.24) is 0 Å². The topological polar surface area (TPSA) is 49.7 Å². The van der Waals surface area contributed by atoms with Gasteiger partial charge in [0.05, 0.1) is 13.7 Å². The van der Waals surface area contributed by atoms with Crippen LogP contribution in [0.4, 0.5) is 0 Å². The number of aromatic hydroxyl groups is 1. The molecule has 0 saturated heterocycles. The fourth-order valence-corrected chi connectivity index (χ4v) is 1.78. The van der Waals surface area contributed by atoms with Gasteiger partial charge >= 0.3 is 0 Å². The minimum atomic E-state index is -0.0145. The number of methoxy groups -OCH3 is 1. The quantitative estimate of drug-likeness (QED) is 0.852. The molecule has 0 aliphatic rings. The number of ether oxygens (including phenoxy) is 1. The van der Waals surface area contributed by atoms with E-state index in [0.29, 0.717) is 5.75 Å². The van der Waals surface area contributed by atoms with Crippen molar-refractivity contribution in [2.75, 3.05) is 7.11 Å². The van der Waals surface area contributed by atoms with E-state index >= 15 is 0 Å². The summed E-state index contributed by atoms with van der Waals surface area (Å²) in [6, 6.07) is 12.7. The Balaban J connectivity index is 2.53. The first kappa shape index (κ1) is 11.5. The van der Waals surface area contributed by atoms with Crippen molar-refractivity contribution in [3.05, 3.63) is 48.0 Å². The molecule has 0 aliphatic carbocycles. The highest BCUT2D eigenvalue weighted by atomic mass is 16.5. The lowest BCUT2D eigenvalue weighted by Crippen LogP contribution is -1.90. The summed E-state index contributed by atoms with van der Waals surface area (Å²) in [4.78, 5) is 0. The van der Waals surface area contributed by atoms with Gasteiger partial charge in [0.25, 0.3) is 0 Å². The summed E-state index contributed by atoms with van der Waals surface area (Å²) in [5, 5.41) is 18.8. The van der Waals surface area contributed by atoms with E-state index in [1.54, 1.807) is 18.2 Å². The molecule has 0 unspecified atom stereocenters. The number of hydrogen-bond donors (Lipinski definition) is 2. The van der Waals surface area contributed by atoms with Crippen molar-refractivity contribution in [3.8, 4) is 22.6 Å². The number of rotatable bonds is 3. The first-order valence-electron chi connectivity index (χ1n) is 5.32. The molecule has 3 nitrogen and oxygen atoms in total. The fourth-order valence-electron chi connectivity index (χ4n) is 1.78.